The molecule has 1 rings (SSSR count). The summed E-state index contributed by atoms with van der Waals surface area (Å²) >= 11 is 0. The molecule has 1 saturated heterocycles. The second kappa shape index (κ2) is 2.77. The maximum absolute atomic E-state index is 11.2. The van der Waals surface area contributed by atoms with Gasteiger partial charge in [-0.25, -0.2) is 0 Å². The molecule has 0 aromatic heterocycles. The zero-order valence-electron chi connectivity index (χ0n) is 7.46. The lowest BCUT2D eigenvalue weighted by atomic mass is 10.0. The maximum Gasteiger partial charge on any atom is 0.237 e. The zero-order valence-corrected chi connectivity index (χ0v) is 7.46. The van der Waals surface area contributed by atoms with Gasteiger partial charge in [0.05, 0.1) is 6.54 Å². The highest BCUT2D eigenvalue weighted by atomic mass is 16.2. The summed E-state index contributed by atoms with van der Waals surface area (Å²) in [5.74, 6) is -0.419. The topological polar surface area (TPSA) is 63.4 Å². The van der Waals surface area contributed by atoms with Crippen LogP contribution in [0.3, 0.4) is 0 Å². The van der Waals surface area contributed by atoms with E-state index in [1.165, 1.54) is 0 Å². The fourth-order valence-corrected chi connectivity index (χ4v) is 1.48. The first-order valence-corrected chi connectivity index (χ1v) is 4.02. The van der Waals surface area contributed by atoms with E-state index in [1.807, 2.05) is 13.8 Å². The largest absolute Gasteiger partial charge is 0.368 e. The number of likely N-dealkylation sites (tertiary alicyclic amines) is 1. The molecule has 1 heterocycles. The van der Waals surface area contributed by atoms with E-state index in [1.54, 1.807) is 4.90 Å². The molecule has 0 bridgehead atoms. The van der Waals surface area contributed by atoms with Gasteiger partial charge in [0.25, 0.3) is 0 Å². The number of hydrogen-bond acceptors (Lipinski definition) is 2. The maximum atomic E-state index is 11.2. The Morgan fingerprint density at radius 3 is 2.58 bits per heavy atom. The predicted octanol–water partition coefficient (Wildman–Crippen LogP) is -0.127. The molecule has 2 amide bonds. The number of hydrogen-bond donors (Lipinski definition) is 1. The fourth-order valence-electron chi connectivity index (χ4n) is 1.48. The van der Waals surface area contributed by atoms with Crippen LogP contribution in [0, 0.1) is 0 Å². The van der Waals surface area contributed by atoms with Gasteiger partial charge in [-0.2, -0.15) is 0 Å². The molecule has 0 unspecified atom stereocenters. The Morgan fingerprint density at radius 2 is 2.25 bits per heavy atom. The number of nitrogens with zero attached hydrogens (tertiary/aromatic N) is 1. The lowest BCUT2D eigenvalue weighted by molar-refractivity contribution is -0.135. The van der Waals surface area contributed by atoms with Crippen molar-refractivity contribution in [3.05, 3.63) is 0 Å². The summed E-state index contributed by atoms with van der Waals surface area (Å²) in [6.45, 7) is 3.94. The van der Waals surface area contributed by atoms with Crippen molar-refractivity contribution in [1.82, 2.24) is 4.90 Å². The van der Waals surface area contributed by atoms with Crippen LogP contribution in [0.15, 0.2) is 0 Å². The van der Waals surface area contributed by atoms with Gasteiger partial charge in [0.2, 0.25) is 11.8 Å². The molecule has 2 N–H and O–H groups in total. The van der Waals surface area contributed by atoms with Crippen LogP contribution in [-0.2, 0) is 9.59 Å². The minimum Gasteiger partial charge on any atom is -0.368 e. The molecule has 0 aliphatic carbocycles. The van der Waals surface area contributed by atoms with Crippen LogP contribution in [-0.4, -0.2) is 28.8 Å². The second-order valence-corrected chi connectivity index (χ2v) is 3.76. The minimum absolute atomic E-state index is 0.0267. The second-order valence-electron chi connectivity index (χ2n) is 3.76. The van der Waals surface area contributed by atoms with E-state index in [2.05, 4.69) is 0 Å². The lowest BCUT2D eigenvalue weighted by Crippen LogP contribution is -2.45. The van der Waals surface area contributed by atoms with Crippen molar-refractivity contribution < 1.29 is 9.59 Å². The molecule has 0 radical (unpaired) electrons. The molecular weight excluding hydrogens is 156 g/mol. The Balaban J connectivity index is 2.71. The number of nitrogens with two attached hydrogens (primary N) is 1. The average molecular weight is 170 g/mol. The molecule has 1 fully saturated rings. The number of amides is 2. The fraction of sp³-hybridized carbons (Fsp3) is 0.750. The van der Waals surface area contributed by atoms with Crippen LogP contribution < -0.4 is 5.73 Å². The van der Waals surface area contributed by atoms with E-state index in [0.29, 0.717) is 6.42 Å². The standard InChI is InChI=1S/C8H14N2O2/c1-8(2)4-3-7(12)10(8)5-6(9)11/h3-5H2,1-2H3,(H2,9,11). The SMILES string of the molecule is CC1(C)CCC(=O)N1CC(N)=O. The van der Waals surface area contributed by atoms with Crippen LogP contribution in [0.2, 0.25) is 0 Å². The van der Waals surface area contributed by atoms with Crippen molar-refractivity contribution in [2.75, 3.05) is 6.54 Å². The van der Waals surface area contributed by atoms with Crippen LogP contribution in [0.4, 0.5) is 0 Å². The molecule has 0 aromatic carbocycles. The van der Waals surface area contributed by atoms with Crippen molar-refractivity contribution in [1.29, 1.82) is 0 Å². The first kappa shape index (κ1) is 9.03. The van der Waals surface area contributed by atoms with Crippen LogP contribution >= 0.6 is 0 Å². The Bertz CT molecular complexity index is 223. The third kappa shape index (κ3) is 1.57. The van der Waals surface area contributed by atoms with E-state index in [0.717, 1.165) is 6.42 Å². The average Bonchev–Trinajstić information content (AvgIpc) is 2.15. The molecule has 4 nitrogen and oxygen atoms in total. The summed E-state index contributed by atoms with van der Waals surface area (Å²) in [6.07, 6.45) is 1.33. The minimum atomic E-state index is -0.446. The van der Waals surface area contributed by atoms with E-state index < -0.39 is 5.91 Å². The highest BCUT2D eigenvalue weighted by Crippen LogP contribution is 2.28. The van der Waals surface area contributed by atoms with E-state index >= 15 is 0 Å². The predicted molar refractivity (Wildman–Crippen MR) is 44.2 cm³/mol. The molecule has 0 atom stereocenters. The zero-order chi connectivity index (χ0) is 9.35. The quantitative estimate of drug-likeness (QED) is 0.627. The van der Waals surface area contributed by atoms with Crippen LogP contribution in [0.5, 0.6) is 0 Å². The first-order chi connectivity index (χ1) is 5.43. The van der Waals surface area contributed by atoms with Crippen molar-refractivity contribution in [2.45, 2.75) is 32.2 Å². The van der Waals surface area contributed by atoms with Gasteiger partial charge in [0, 0.05) is 12.0 Å². The van der Waals surface area contributed by atoms with Gasteiger partial charge in [-0.1, -0.05) is 0 Å². The third-order valence-corrected chi connectivity index (χ3v) is 2.30. The van der Waals surface area contributed by atoms with Gasteiger partial charge >= 0.3 is 0 Å². The molecule has 0 saturated carbocycles. The highest BCUT2D eigenvalue weighted by Gasteiger charge is 2.37. The van der Waals surface area contributed by atoms with E-state index in [4.69, 9.17) is 5.73 Å². The molecular formula is C8H14N2O2. The Morgan fingerprint density at radius 1 is 1.67 bits per heavy atom. The van der Waals surface area contributed by atoms with Crippen molar-refractivity contribution in [3.63, 3.8) is 0 Å². The summed E-state index contributed by atoms with van der Waals surface area (Å²) in [6, 6.07) is 0. The summed E-state index contributed by atoms with van der Waals surface area (Å²) in [4.78, 5) is 23.4. The summed E-state index contributed by atoms with van der Waals surface area (Å²) in [7, 11) is 0. The molecule has 12 heavy (non-hydrogen) atoms. The van der Waals surface area contributed by atoms with Crippen molar-refractivity contribution >= 4 is 11.8 Å². The molecule has 4 heteroatoms. The molecule has 0 aromatic rings. The summed E-state index contributed by atoms with van der Waals surface area (Å²) in [5, 5.41) is 0. The Hall–Kier alpha value is -1.06. The normalized spacial score (nSPS) is 21.5. The Kier molecular flexibility index (Phi) is 2.08. The van der Waals surface area contributed by atoms with Gasteiger partial charge in [-0.05, 0) is 20.3 Å². The number of carbonyl (C=O) groups excluding carboxylic acids is 2. The number of carbonyl (C=O) groups is 2. The first-order valence-electron chi connectivity index (χ1n) is 4.02. The van der Waals surface area contributed by atoms with E-state index in [9.17, 15) is 9.59 Å². The number of rotatable bonds is 2. The molecule has 68 valence electrons. The smallest absolute Gasteiger partial charge is 0.237 e. The summed E-state index contributed by atoms with van der Waals surface area (Å²) in [5.41, 5.74) is 4.82. The third-order valence-electron chi connectivity index (χ3n) is 2.30. The van der Waals surface area contributed by atoms with E-state index in [-0.39, 0.29) is 18.0 Å². The summed E-state index contributed by atoms with van der Waals surface area (Å²) < 4.78 is 0. The highest BCUT2D eigenvalue weighted by molar-refractivity contribution is 5.85. The van der Waals surface area contributed by atoms with Gasteiger partial charge in [0.15, 0.2) is 0 Å². The van der Waals surface area contributed by atoms with Crippen LogP contribution in [0.1, 0.15) is 26.7 Å². The molecule has 1 aliphatic rings. The van der Waals surface area contributed by atoms with Crippen LogP contribution in [0.25, 0.3) is 0 Å². The van der Waals surface area contributed by atoms with Crippen molar-refractivity contribution in [3.8, 4) is 0 Å². The van der Waals surface area contributed by atoms with Gasteiger partial charge in [-0.15, -0.1) is 0 Å². The number of primary amides is 1. The Labute approximate surface area is 71.7 Å². The van der Waals surface area contributed by atoms with Gasteiger partial charge in [0.1, 0.15) is 0 Å². The lowest BCUT2D eigenvalue weighted by Gasteiger charge is -2.30. The molecule has 0 spiro atoms. The monoisotopic (exact) mass is 170 g/mol. The molecule has 1 aliphatic heterocycles. The van der Waals surface area contributed by atoms with Gasteiger partial charge < -0.3 is 10.6 Å². The van der Waals surface area contributed by atoms with Gasteiger partial charge in [-0.3, -0.25) is 9.59 Å². The van der Waals surface area contributed by atoms with Crippen molar-refractivity contribution in [2.24, 2.45) is 5.73 Å².